The van der Waals surface area contributed by atoms with Crippen molar-refractivity contribution in [3.8, 4) is 0 Å². The Morgan fingerprint density at radius 1 is 1.17 bits per heavy atom. The molecule has 0 saturated carbocycles. The number of hydrogen-bond donors (Lipinski definition) is 0. The van der Waals surface area contributed by atoms with Gasteiger partial charge in [0.15, 0.2) is 0 Å². The van der Waals surface area contributed by atoms with E-state index in [1.54, 1.807) is 23.9 Å². The van der Waals surface area contributed by atoms with Crippen LogP contribution in [0.3, 0.4) is 0 Å². The van der Waals surface area contributed by atoms with E-state index in [1.807, 2.05) is 0 Å². The number of fused-ring (bicyclic) bond motifs is 1. The van der Waals surface area contributed by atoms with E-state index >= 15 is 0 Å². The fourth-order valence-corrected chi connectivity index (χ4v) is 3.56. The van der Waals surface area contributed by atoms with Crippen molar-refractivity contribution in [2.45, 2.75) is 31.6 Å². The van der Waals surface area contributed by atoms with Crippen LogP contribution in [0, 0.1) is 20.8 Å². The highest BCUT2D eigenvalue weighted by Gasteiger charge is 2.12. The van der Waals surface area contributed by atoms with Gasteiger partial charge in [0.25, 0.3) is 0 Å². The molecular formula is C19H19NO3S. The number of aryl methyl sites for hydroxylation is 3. The molecule has 0 unspecified atom stereocenters. The van der Waals surface area contributed by atoms with Crippen LogP contribution in [0.15, 0.2) is 39.8 Å². The molecule has 0 atom stereocenters. The van der Waals surface area contributed by atoms with Gasteiger partial charge < -0.3 is 9.15 Å². The molecular weight excluding hydrogens is 322 g/mol. The normalized spacial score (nSPS) is 11.0. The summed E-state index contributed by atoms with van der Waals surface area (Å²) in [5, 5.41) is 2.14. The highest BCUT2D eigenvalue weighted by Crippen LogP contribution is 2.29. The molecule has 0 N–H and O–H groups in total. The molecule has 0 saturated heterocycles. The molecule has 0 aliphatic heterocycles. The Morgan fingerprint density at radius 3 is 2.71 bits per heavy atom. The number of pyridine rings is 1. The molecule has 3 aromatic rings. The summed E-state index contributed by atoms with van der Waals surface area (Å²) in [6.45, 7) is 6.30. The molecule has 0 fully saturated rings. The van der Waals surface area contributed by atoms with Gasteiger partial charge in [-0.05, 0) is 56.2 Å². The lowest BCUT2D eigenvalue weighted by Gasteiger charge is -2.09. The first-order valence-electron chi connectivity index (χ1n) is 7.66. The van der Waals surface area contributed by atoms with Crippen LogP contribution in [0.4, 0.5) is 0 Å². The van der Waals surface area contributed by atoms with E-state index in [0.29, 0.717) is 5.75 Å². The summed E-state index contributed by atoms with van der Waals surface area (Å²) in [6.07, 6.45) is 0. The Hall–Kier alpha value is -2.27. The number of furan rings is 1. The van der Waals surface area contributed by atoms with Crippen LogP contribution in [0.1, 0.15) is 33.0 Å². The standard InChI is InChI=1S/C19H19NO3S/c1-11-7-13(3)18-15(8-11)12(2)9-17(20-18)24-10-14-5-6-16(23-14)19(21)22-4/h5-9H,10H2,1-4H3. The number of methoxy groups -OCH3 is 1. The lowest BCUT2D eigenvalue weighted by molar-refractivity contribution is 0.0563. The number of benzene rings is 1. The molecule has 1 aromatic carbocycles. The summed E-state index contributed by atoms with van der Waals surface area (Å²) >= 11 is 1.59. The van der Waals surface area contributed by atoms with Crippen LogP contribution >= 0.6 is 11.8 Å². The number of rotatable bonds is 4. The first-order valence-corrected chi connectivity index (χ1v) is 8.65. The number of aromatic nitrogens is 1. The predicted octanol–water partition coefficient (Wildman–Crippen LogP) is 4.83. The van der Waals surface area contributed by atoms with Crippen molar-refractivity contribution in [1.29, 1.82) is 0 Å². The van der Waals surface area contributed by atoms with Crippen molar-refractivity contribution in [2.75, 3.05) is 7.11 Å². The topological polar surface area (TPSA) is 52.3 Å². The van der Waals surface area contributed by atoms with Gasteiger partial charge in [0.05, 0.1) is 23.4 Å². The van der Waals surface area contributed by atoms with E-state index in [-0.39, 0.29) is 5.76 Å². The van der Waals surface area contributed by atoms with E-state index < -0.39 is 5.97 Å². The van der Waals surface area contributed by atoms with Gasteiger partial charge in [-0.3, -0.25) is 0 Å². The van der Waals surface area contributed by atoms with Crippen molar-refractivity contribution in [2.24, 2.45) is 0 Å². The SMILES string of the molecule is COC(=O)c1ccc(CSc2cc(C)c3cc(C)cc(C)c3n2)o1. The third-order valence-electron chi connectivity index (χ3n) is 3.84. The van der Waals surface area contributed by atoms with E-state index in [1.165, 1.54) is 29.2 Å². The summed E-state index contributed by atoms with van der Waals surface area (Å²) in [6, 6.07) is 9.85. The monoisotopic (exact) mass is 341 g/mol. The van der Waals surface area contributed by atoms with Crippen LogP contribution in [0.5, 0.6) is 0 Å². The first kappa shape index (κ1) is 16.6. The molecule has 2 heterocycles. The molecule has 4 nitrogen and oxygen atoms in total. The van der Waals surface area contributed by atoms with E-state index in [0.717, 1.165) is 16.3 Å². The summed E-state index contributed by atoms with van der Waals surface area (Å²) in [5.41, 5.74) is 4.68. The van der Waals surface area contributed by atoms with Gasteiger partial charge in [-0.1, -0.05) is 23.4 Å². The lowest BCUT2D eigenvalue weighted by atomic mass is 10.0. The Kier molecular flexibility index (Phi) is 4.62. The Morgan fingerprint density at radius 2 is 1.96 bits per heavy atom. The number of carbonyl (C=O) groups is 1. The van der Waals surface area contributed by atoms with Gasteiger partial charge in [-0.15, -0.1) is 0 Å². The van der Waals surface area contributed by atoms with Gasteiger partial charge in [0.2, 0.25) is 5.76 Å². The maximum absolute atomic E-state index is 11.4. The summed E-state index contributed by atoms with van der Waals surface area (Å²) in [4.78, 5) is 16.2. The van der Waals surface area contributed by atoms with Crippen molar-refractivity contribution in [1.82, 2.24) is 4.98 Å². The molecule has 24 heavy (non-hydrogen) atoms. The average molecular weight is 341 g/mol. The Balaban J connectivity index is 1.83. The summed E-state index contributed by atoms with van der Waals surface area (Å²) in [5.74, 6) is 1.10. The molecule has 0 aliphatic rings. The number of esters is 1. The van der Waals surface area contributed by atoms with Crippen molar-refractivity contribution in [3.05, 3.63) is 58.5 Å². The minimum atomic E-state index is -0.461. The quantitative estimate of drug-likeness (QED) is 0.502. The molecule has 0 radical (unpaired) electrons. The molecule has 0 bridgehead atoms. The van der Waals surface area contributed by atoms with Crippen LogP contribution in [-0.2, 0) is 10.5 Å². The zero-order valence-electron chi connectivity index (χ0n) is 14.2. The fourth-order valence-electron chi connectivity index (χ4n) is 2.70. The number of nitrogens with zero attached hydrogens (tertiary/aromatic N) is 1. The molecule has 3 rings (SSSR count). The maximum atomic E-state index is 11.4. The minimum Gasteiger partial charge on any atom is -0.463 e. The van der Waals surface area contributed by atoms with Crippen LogP contribution in [0.25, 0.3) is 10.9 Å². The van der Waals surface area contributed by atoms with Gasteiger partial charge in [0, 0.05) is 5.39 Å². The zero-order chi connectivity index (χ0) is 17.3. The third kappa shape index (κ3) is 3.31. The second kappa shape index (κ2) is 6.69. The van der Waals surface area contributed by atoms with Crippen LogP contribution in [-0.4, -0.2) is 18.1 Å². The van der Waals surface area contributed by atoms with E-state index in [2.05, 4.69) is 43.7 Å². The lowest BCUT2D eigenvalue weighted by Crippen LogP contribution is -1.98. The molecule has 0 aliphatic carbocycles. The maximum Gasteiger partial charge on any atom is 0.373 e. The molecule has 124 valence electrons. The third-order valence-corrected chi connectivity index (χ3v) is 4.78. The van der Waals surface area contributed by atoms with Gasteiger partial charge in [-0.2, -0.15) is 0 Å². The Bertz CT molecular complexity index is 914. The number of ether oxygens (including phenoxy) is 1. The summed E-state index contributed by atoms with van der Waals surface area (Å²) in [7, 11) is 1.34. The number of thioether (sulfide) groups is 1. The van der Waals surface area contributed by atoms with Gasteiger partial charge in [-0.25, -0.2) is 9.78 Å². The van der Waals surface area contributed by atoms with Crippen molar-refractivity contribution in [3.63, 3.8) is 0 Å². The number of hydrogen-bond acceptors (Lipinski definition) is 5. The molecule has 2 aromatic heterocycles. The zero-order valence-corrected chi connectivity index (χ0v) is 15.0. The predicted molar refractivity (Wildman–Crippen MR) is 95.6 cm³/mol. The van der Waals surface area contributed by atoms with E-state index in [4.69, 9.17) is 9.40 Å². The van der Waals surface area contributed by atoms with Crippen LogP contribution in [0.2, 0.25) is 0 Å². The first-order chi connectivity index (χ1) is 11.5. The Labute approximate surface area is 145 Å². The average Bonchev–Trinajstić information content (AvgIpc) is 3.02. The van der Waals surface area contributed by atoms with E-state index in [9.17, 15) is 4.79 Å². The largest absolute Gasteiger partial charge is 0.463 e. The van der Waals surface area contributed by atoms with Gasteiger partial charge >= 0.3 is 5.97 Å². The van der Waals surface area contributed by atoms with Gasteiger partial charge in [0.1, 0.15) is 5.76 Å². The highest BCUT2D eigenvalue weighted by molar-refractivity contribution is 7.98. The van der Waals surface area contributed by atoms with Crippen molar-refractivity contribution < 1.29 is 13.9 Å². The second-order valence-corrected chi connectivity index (χ2v) is 6.80. The highest BCUT2D eigenvalue weighted by atomic mass is 32.2. The minimum absolute atomic E-state index is 0.224. The second-order valence-electron chi connectivity index (χ2n) is 5.80. The summed E-state index contributed by atoms with van der Waals surface area (Å²) < 4.78 is 10.1. The molecule has 5 heteroatoms. The van der Waals surface area contributed by atoms with Crippen LogP contribution < -0.4 is 0 Å². The molecule has 0 amide bonds. The van der Waals surface area contributed by atoms with Crippen molar-refractivity contribution >= 4 is 28.6 Å². The smallest absolute Gasteiger partial charge is 0.373 e. The molecule has 0 spiro atoms. The fraction of sp³-hybridized carbons (Fsp3) is 0.263. The number of carbonyl (C=O) groups excluding carboxylic acids is 1.